The number of nitrogens with zero attached hydrogens (tertiary/aromatic N) is 3. The van der Waals surface area contributed by atoms with E-state index < -0.39 is 12.0 Å². The number of aliphatic hydroxyl groups excluding tert-OH is 1. The van der Waals surface area contributed by atoms with Crippen LogP contribution in [0, 0.1) is 17.2 Å². The van der Waals surface area contributed by atoms with Crippen LogP contribution < -0.4 is 11.1 Å². The number of aromatic nitrogens is 2. The van der Waals surface area contributed by atoms with Gasteiger partial charge in [-0.2, -0.15) is 10.4 Å². The summed E-state index contributed by atoms with van der Waals surface area (Å²) in [7, 11) is 0. The molecule has 124 valence electrons. The summed E-state index contributed by atoms with van der Waals surface area (Å²) in [6, 6.07) is 11.3. The van der Waals surface area contributed by atoms with Crippen LogP contribution in [0.15, 0.2) is 36.5 Å². The van der Waals surface area contributed by atoms with E-state index in [-0.39, 0.29) is 17.5 Å². The van der Waals surface area contributed by atoms with Crippen LogP contribution in [0.25, 0.3) is 0 Å². The van der Waals surface area contributed by atoms with E-state index in [1.54, 1.807) is 10.9 Å². The number of nitrogens with two attached hydrogens (primary N) is 1. The van der Waals surface area contributed by atoms with Gasteiger partial charge in [0.05, 0.1) is 24.1 Å². The molecule has 0 saturated heterocycles. The third kappa shape index (κ3) is 3.24. The topological polar surface area (TPSA) is 117 Å². The van der Waals surface area contributed by atoms with Crippen molar-refractivity contribution in [2.24, 2.45) is 11.7 Å². The minimum absolute atomic E-state index is 0.251. The van der Waals surface area contributed by atoms with Crippen molar-refractivity contribution < 1.29 is 9.90 Å². The van der Waals surface area contributed by atoms with Crippen molar-refractivity contribution in [2.75, 3.05) is 5.32 Å². The third-order valence-electron chi connectivity index (χ3n) is 4.33. The first kappa shape index (κ1) is 16.0. The van der Waals surface area contributed by atoms with Gasteiger partial charge in [-0.1, -0.05) is 18.2 Å². The van der Waals surface area contributed by atoms with Crippen molar-refractivity contribution in [2.45, 2.75) is 31.4 Å². The van der Waals surface area contributed by atoms with Gasteiger partial charge in [-0.15, -0.1) is 0 Å². The van der Waals surface area contributed by atoms with Gasteiger partial charge in [0, 0.05) is 11.9 Å². The highest BCUT2D eigenvalue weighted by Gasteiger charge is 2.32. The number of rotatable bonds is 4. The second-order valence-corrected chi connectivity index (χ2v) is 6.00. The molecule has 7 nitrogen and oxygen atoms in total. The first-order valence-electron chi connectivity index (χ1n) is 7.87. The minimum Gasteiger partial charge on any atom is -0.393 e. The molecule has 7 heteroatoms. The van der Waals surface area contributed by atoms with Gasteiger partial charge < -0.3 is 16.2 Å². The molecule has 2 aromatic rings. The van der Waals surface area contributed by atoms with Crippen molar-refractivity contribution >= 4 is 17.4 Å². The van der Waals surface area contributed by atoms with Gasteiger partial charge in [-0.25, -0.2) is 0 Å². The van der Waals surface area contributed by atoms with Gasteiger partial charge >= 0.3 is 0 Å². The number of para-hydroxylation sites is 1. The molecule has 24 heavy (non-hydrogen) atoms. The number of amides is 1. The van der Waals surface area contributed by atoms with Crippen molar-refractivity contribution in [3.63, 3.8) is 0 Å². The fourth-order valence-corrected chi connectivity index (χ4v) is 3.06. The molecule has 1 aliphatic carbocycles. The summed E-state index contributed by atoms with van der Waals surface area (Å²) in [6.45, 7) is 0. The van der Waals surface area contributed by atoms with Gasteiger partial charge in [-0.3, -0.25) is 9.48 Å². The Kier molecular flexibility index (Phi) is 4.49. The van der Waals surface area contributed by atoms with E-state index in [0.29, 0.717) is 25.1 Å². The van der Waals surface area contributed by atoms with Crippen LogP contribution in [0.1, 0.15) is 35.7 Å². The maximum Gasteiger partial charge on any atom is 0.254 e. The summed E-state index contributed by atoms with van der Waals surface area (Å²) < 4.78 is 1.58. The summed E-state index contributed by atoms with van der Waals surface area (Å²) in [5.74, 6) is -0.492. The molecule has 1 saturated carbocycles. The van der Waals surface area contributed by atoms with Crippen LogP contribution in [-0.2, 0) is 0 Å². The zero-order valence-corrected chi connectivity index (χ0v) is 13.1. The van der Waals surface area contributed by atoms with Crippen LogP contribution in [0.4, 0.5) is 11.5 Å². The molecular formula is C17H19N5O2. The summed E-state index contributed by atoms with van der Waals surface area (Å²) in [5, 5.41) is 26.8. The molecule has 3 atom stereocenters. The van der Waals surface area contributed by atoms with E-state index in [0.717, 1.165) is 5.69 Å². The number of carbonyl (C=O) groups excluding carboxylic acids is 1. The SMILES string of the molecule is N#C[C@H]1CC[C@@H](O)C[C@@H]1n1cc(C(N)=O)c(Nc2ccccc2)n1. The molecule has 1 fully saturated rings. The number of primary amides is 1. The highest BCUT2D eigenvalue weighted by molar-refractivity contribution is 5.98. The average molecular weight is 325 g/mol. The first-order valence-corrected chi connectivity index (χ1v) is 7.87. The smallest absolute Gasteiger partial charge is 0.254 e. The fraction of sp³-hybridized carbons (Fsp3) is 0.353. The van der Waals surface area contributed by atoms with Gasteiger partial charge in [0.25, 0.3) is 5.91 Å². The zero-order valence-electron chi connectivity index (χ0n) is 13.1. The summed E-state index contributed by atoms with van der Waals surface area (Å²) in [5.41, 5.74) is 6.50. The predicted octanol–water partition coefficient (Wildman–Crippen LogP) is 1.95. The molecule has 3 rings (SSSR count). The molecule has 1 amide bonds. The quantitative estimate of drug-likeness (QED) is 0.794. The van der Waals surface area contributed by atoms with Crippen LogP contribution in [0.3, 0.4) is 0 Å². The normalized spacial score (nSPS) is 23.4. The second kappa shape index (κ2) is 6.72. The summed E-state index contributed by atoms with van der Waals surface area (Å²) >= 11 is 0. The highest BCUT2D eigenvalue weighted by Crippen LogP contribution is 2.34. The molecule has 1 aliphatic rings. The number of hydrogen-bond acceptors (Lipinski definition) is 5. The van der Waals surface area contributed by atoms with E-state index >= 15 is 0 Å². The summed E-state index contributed by atoms with van der Waals surface area (Å²) in [4.78, 5) is 11.7. The van der Waals surface area contributed by atoms with Crippen LogP contribution >= 0.6 is 0 Å². The van der Waals surface area contributed by atoms with E-state index in [9.17, 15) is 15.2 Å². The molecule has 0 unspecified atom stereocenters. The van der Waals surface area contributed by atoms with Crippen LogP contribution in [-0.4, -0.2) is 26.9 Å². The standard InChI is InChI=1S/C17H19N5O2/c18-9-11-6-7-13(23)8-15(11)22-10-14(16(19)24)17(21-22)20-12-4-2-1-3-5-12/h1-5,10-11,13,15,23H,6-8H2,(H2,19,24)(H,20,21)/t11-,13-,15+/m1/s1. The Hall–Kier alpha value is -2.85. The lowest BCUT2D eigenvalue weighted by Crippen LogP contribution is -2.29. The third-order valence-corrected chi connectivity index (χ3v) is 4.33. The Morgan fingerprint density at radius 1 is 1.38 bits per heavy atom. The molecule has 1 aromatic carbocycles. The van der Waals surface area contributed by atoms with Gasteiger partial charge in [0.15, 0.2) is 5.82 Å². The molecular weight excluding hydrogens is 306 g/mol. The number of hydrogen-bond donors (Lipinski definition) is 3. The van der Waals surface area contributed by atoms with Crippen molar-refractivity contribution in [3.05, 3.63) is 42.1 Å². The zero-order chi connectivity index (χ0) is 17.1. The fourth-order valence-electron chi connectivity index (χ4n) is 3.06. The van der Waals surface area contributed by atoms with E-state index in [1.807, 2.05) is 30.3 Å². The van der Waals surface area contributed by atoms with E-state index in [2.05, 4.69) is 16.5 Å². The monoisotopic (exact) mass is 325 g/mol. The molecule has 0 spiro atoms. The lowest BCUT2D eigenvalue weighted by molar-refractivity contribution is 0.0830. The number of benzene rings is 1. The molecule has 0 bridgehead atoms. The first-order chi connectivity index (χ1) is 11.6. The van der Waals surface area contributed by atoms with Gasteiger partial charge in [0.1, 0.15) is 5.56 Å². The molecule has 1 heterocycles. The Bertz CT molecular complexity index is 765. The highest BCUT2D eigenvalue weighted by atomic mass is 16.3. The van der Waals surface area contributed by atoms with Crippen molar-refractivity contribution in [3.8, 4) is 6.07 Å². The maximum absolute atomic E-state index is 11.7. The van der Waals surface area contributed by atoms with Crippen LogP contribution in [0.2, 0.25) is 0 Å². The molecule has 0 radical (unpaired) electrons. The van der Waals surface area contributed by atoms with E-state index in [4.69, 9.17) is 5.73 Å². The Labute approximate surface area is 139 Å². The number of nitriles is 1. The number of nitrogens with one attached hydrogen (secondary N) is 1. The second-order valence-electron chi connectivity index (χ2n) is 6.00. The predicted molar refractivity (Wildman–Crippen MR) is 88.5 cm³/mol. The Balaban J connectivity index is 1.93. The maximum atomic E-state index is 11.7. The molecule has 1 aromatic heterocycles. The number of aliphatic hydroxyl groups is 1. The summed E-state index contributed by atoms with van der Waals surface area (Å²) in [6.07, 6.45) is 2.73. The van der Waals surface area contributed by atoms with Crippen molar-refractivity contribution in [1.29, 1.82) is 5.26 Å². The largest absolute Gasteiger partial charge is 0.393 e. The number of carbonyl (C=O) groups is 1. The molecule has 4 N–H and O–H groups in total. The minimum atomic E-state index is -0.593. The Morgan fingerprint density at radius 2 is 2.12 bits per heavy atom. The van der Waals surface area contributed by atoms with Crippen molar-refractivity contribution in [1.82, 2.24) is 9.78 Å². The van der Waals surface area contributed by atoms with Gasteiger partial charge in [-0.05, 0) is 31.4 Å². The average Bonchev–Trinajstić information content (AvgIpc) is 2.99. The van der Waals surface area contributed by atoms with E-state index in [1.165, 1.54) is 0 Å². The van der Waals surface area contributed by atoms with Crippen LogP contribution in [0.5, 0.6) is 0 Å². The lowest BCUT2D eigenvalue weighted by Gasteiger charge is -2.30. The lowest BCUT2D eigenvalue weighted by atomic mass is 9.84. The molecule has 0 aliphatic heterocycles. The Morgan fingerprint density at radius 3 is 2.79 bits per heavy atom. The number of anilines is 2. The van der Waals surface area contributed by atoms with Gasteiger partial charge in [0.2, 0.25) is 0 Å².